The number of urea groups is 1. The fraction of sp³-hybridized carbons (Fsp3) is 0.846. The van der Waals surface area contributed by atoms with Gasteiger partial charge in [-0.25, -0.2) is 9.59 Å². The zero-order valence-corrected chi connectivity index (χ0v) is 11.4. The standard InChI is InChI=1S/C13H22N2O4/c1-19-10-4-8-15(9-5-10)12(18)14-13(11(16)17)6-2-3-7-13/h10H,2-9H2,1H3,(H,14,18)(H,16,17). The number of piperidine rings is 1. The lowest BCUT2D eigenvalue weighted by Gasteiger charge is -2.34. The van der Waals surface area contributed by atoms with Gasteiger partial charge in [0.05, 0.1) is 6.10 Å². The molecule has 0 radical (unpaired) electrons. The normalized spacial score (nSPS) is 23.3. The van der Waals surface area contributed by atoms with E-state index in [1.165, 1.54) is 0 Å². The van der Waals surface area contributed by atoms with Crippen LogP contribution in [0.2, 0.25) is 0 Å². The predicted octanol–water partition coefficient (Wildman–Crippen LogP) is 1.20. The van der Waals surface area contributed by atoms with Crippen LogP contribution < -0.4 is 5.32 Å². The largest absolute Gasteiger partial charge is 0.480 e. The van der Waals surface area contributed by atoms with Crippen LogP contribution in [0.5, 0.6) is 0 Å². The lowest BCUT2D eigenvalue weighted by molar-refractivity contribution is -0.144. The summed E-state index contributed by atoms with van der Waals surface area (Å²) in [5, 5.41) is 12.1. The predicted molar refractivity (Wildman–Crippen MR) is 69.0 cm³/mol. The van der Waals surface area contributed by atoms with E-state index in [4.69, 9.17) is 4.74 Å². The van der Waals surface area contributed by atoms with E-state index in [9.17, 15) is 14.7 Å². The number of methoxy groups -OCH3 is 1. The van der Waals surface area contributed by atoms with E-state index >= 15 is 0 Å². The molecule has 1 saturated heterocycles. The second kappa shape index (κ2) is 5.77. The van der Waals surface area contributed by atoms with Crippen molar-refractivity contribution < 1.29 is 19.4 Å². The van der Waals surface area contributed by atoms with Crippen LogP contribution in [0.25, 0.3) is 0 Å². The number of nitrogens with zero attached hydrogens (tertiary/aromatic N) is 1. The monoisotopic (exact) mass is 270 g/mol. The van der Waals surface area contributed by atoms with Crippen LogP contribution in [-0.4, -0.2) is 53.8 Å². The minimum atomic E-state index is -1.05. The Bertz CT molecular complexity index is 345. The molecule has 0 bridgehead atoms. The van der Waals surface area contributed by atoms with Gasteiger partial charge < -0.3 is 20.1 Å². The van der Waals surface area contributed by atoms with Crippen molar-refractivity contribution in [2.24, 2.45) is 0 Å². The molecular weight excluding hydrogens is 248 g/mol. The van der Waals surface area contributed by atoms with Crippen molar-refractivity contribution >= 4 is 12.0 Å². The Labute approximate surface area is 113 Å². The van der Waals surface area contributed by atoms with Crippen molar-refractivity contribution in [3.05, 3.63) is 0 Å². The molecule has 6 nitrogen and oxygen atoms in total. The van der Waals surface area contributed by atoms with Crippen molar-refractivity contribution in [3.63, 3.8) is 0 Å². The molecule has 19 heavy (non-hydrogen) atoms. The van der Waals surface area contributed by atoms with E-state index in [0.29, 0.717) is 25.9 Å². The minimum Gasteiger partial charge on any atom is -0.480 e. The Morgan fingerprint density at radius 2 is 1.84 bits per heavy atom. The molecule has 0 spiro atoms. The van der Waals surface area contributed by atoms with Crippen molar-refractivity contribution in [2.45, 2.75) is 50.2 Å². The summed E-state index contributed by atoms with van der Waals surface area (Å²) in [7, 11) is 1.68. The number of likely N-dealkylation sites (tertiary alicyclic amines) is 1. The lowest BCUT2D eigenvalue weighted by Crippen LogP contribution is -2.57. The van der Waals surface area contributed by atoms with Crippen molar-refractivity contribution in [3.8, 4) is 0 Å². The van der Waals surface area contributed by atoms with Crippen molar-refractivity contribution in [2.75, 3.05) is 20.2 Å². The number of carboxylic acids is 1. The van der Waals surface area contributed by atoms with Crippen LogP contribution in [0, 0.1) is 0 Å². The maximum absolute atomic E-state index is 12.2. The number of carbonyl (C=O) groups excluding carboxylic acids is 1. The van der Waals surface area contributed by atoms with Gasteiger partial charge in [0.25, 0.3) is 0 Å². The molecule has 1 saturated carbocycles. The first-order chi connectivity index (χ1) is 9.07. The maximum Gasteiger partial charge on any atom is 0.329 e. The van der Waals surface area contributed by atoms with E-state index in [2.05, 4.69) is 5.32 Å². The van der Waals surface area contributed by atoms with Gasteiger partial charge >= 0.3 is 12.0 Å². The number of hydrogen-bond acceptors (Lipinski definition) is 3. The highest BCUT2D eigenvalue weighted by Crippen LogP contribution is 2.30. The number of ether oxygens (including phenoxy) is 1. The minimum absolute atomic E-state index is 0.212. The van der Waals surface area contributed by atoms with Gasteiger partial charge in [-0.3, -0.25) is 0 Å². The molecule has 2 N–H and O–H groups in total. The van der Waals surface area contributed by atoms with Crippen LogP contribution in [0.4, 0.5) is 4.79 Å². The van der Waals surface area contributed by atoms with Crippen molar-refractivity contribution in [1.82, 2.24) is 10.2 Å². The number of carboxylic acid groups (broad SMARTS) is 1. The fourth-order valence-corrected chi connectivity index (χ4v) is 2.95. The van der Waals surface area contributed by atoms with Gasteiger partial charge in [-0.15, -0.1) is 0 Å². The first-order valence-electron chi connectivity index (χ1n) is 6.91. The van der Waals surface area contributed by atoms with Gasteiger partial charge in [0.2, 0.25) is 0 Å². The van der Waals surface area contributed by atoms with Crippen LogP contribution >= 0.6 is 0 Å². The Kier molecular flexibility index (Phi) is 4.29. The number of aliphatic carboxylic acids is 1. The van der Waals surface area contributed by atoms with E-state index in [1.54, 1.807) is 12.0 Å². The number of hydrogen-bond donors (Lipinski definition) is 2. The summed E-state index contributed by atoms with van der Waals surface area (Å²) in [6.07, 6.45) is 4.61. The lowest BCUT2D eigenvalue weighted by atomic mass is 9.98. The highest BCUT2D eigenvalue weighted by atomic mass is 16.5. The highest BCUT2D eigenvalue weighted by molar-refractivity contribution is 5.86. The molecule has 2 aliphatic rings. The quantitative estimate of drug-likeness (QED) is 0.807. The Balaban J connectivity index is 1.92. The number of nitrogens with one attached hydrogen (secondary N) is 1. The first kappa shape index (κ1) is 14.1. The molecule has 0 aromatic rings. The van der Waals surface area contributed by atoms with Gasteiger partial charge in [0.15, 0.2) is 0 Å². The molecular formula is C13H22N2O4. The summed E-state index contributed by atoms with van der Waals surface area (Å²) >= 11 is 0. The molecule has 1 aliphatic carbocycles. The third-order valence-electron chi connectivity index (χ3n) is 4.28. The molecule has 1 aliphatic heterocycles. The van der Waals surface area contributed by atoms with Gasteiger partial charge in [-0.2, -0.15) is 0 Å². The number of rotatable bonds is 3. The number of carbonyl (C=O) groups is 2. The van der Waals surface area contributed by atoms with Crippen molar-refractivity contribution in [1.29, 1.82) is 0 Å². The molecule has 1 heterocycles. The fourth-order valence-electron chi connectivity index (χ4n) is 2.95. The molecule has 2 fully saturated rings. The Morgan fingerprint density at radius 1 is 1.26 bits per heavy atom. The Hall–Kier alpha value is -1.30. The molecule has 2 rings (SSSR count). The molecule has 0 aromatic heterocycles. The second-order valence-corrected chi connectivity index (χ2v) is 5.45. The molecule has 6 heteroatoms. The number of amides is 2. The van der Waals surface area contributed by atoms with Crippen LogP contribution in [-0.2, 0) is 9.53 Å². The summed E-state index contributed by atoms with van der Waals surface area (Å²) in [6, 6.07) is -0.251. The van der Waals surface area contributed by atoms with Crippen LogP contribution in [0.3, 0.4) is 0 Å². The van der Waals surface area contributed by atoms with Gasteiger partial charge in [0, 0.05) is 20.2 Å². The van der Waals surface area contributed by atoms with Gasteiger partial charge in [0.1, 0.15) is 5.54 Å². The summed E-state index contributed by atoms with van der Waals surface area (Å²) < 4.78 is 5.26. The SMILES string of the molecule is COC1CCN(C(=O)NC2(C(=O)O)CCCC2)CC1. The van der Waals surface area contributed by atoms with Gasteiger partial charge in [-0.1, -0.05) is 12.8 Å². The zero-order valence-electron chi connectivity index (χ0n) is 11.4. The summed E-state index contributed by atoms with van der Waals surface area (Å²) in [4.78, 5) is 25.2. The molecule has 2 amide bonds. The molecule has 0 aromatic carbocycles. The summed E-state index contributed by atoms with van der Waals surface area (Å²) in [6.45, 7) is 1.25. The second-order valence-electron chi connectivity index (χ2n) is 5.45. The zero-order chi connectivity index (χ0) is 13.9. The third-order valence-corrected chi connectivity index (χ3v) is 4.28. The van der Waals surface area contributed by atoms with Crippen LogP contribution in [0.15, 0.2) is 0 Å². The van der Waals surface area contributed by atoms with E-state index in [-0.39, 0.29) is 12.1 Å². The Morgan fingerprint density at radius 3 is 2.32 bits per heavy atom. The summed E-state index contributed by atoms with van der Waals surface area (Å²) in [5.74, 6) is -0.912. The third kappa shape index (κ3) is 3.00. The summed E-state index contributed by atoms with van der Waals surface area (Å²) in [5.41, 5.74) is -1.05. The first-order valence-corrected chi connectivity index (χ1v) is 6.91. The molecule has 108 valence electrons. The average molecular weight is 270 g/mol. The highest BCUT2D eigenvalue weighted by Gasteiger charge is 2.43. The average Bonchev–Trinajstić information content (AvgIpc) is 2.88. The van der Waals surface area contributed by atoms with Gasteiger partial charge in [-0.05, 0) is 25.7 Å². The van der Waals surface area contributed by atoms with Crippen LogP contribution in [0.1, 0.15) is 38.5 Å². The van der Waals surface area contributed by atoms with E-state index in [0.717, 1.165) is 25.7 Å². The molecule has 0 unspecified atom stereocenters. The van der Waals surface area contributed by atoms with E-state index < -0.39 is 11.5 Å². The molecule has 0 atom stereocenters. The van der Waals surface area contributed by atoms with E-state index in [1.807, 2.05) is 0 Å². The maximum atomic E-state index is 12.2. The topological polar surface area (TPSA) is 78.9 Å². The smallest absolute Gasteiger partial charge is 0.329 e.